The molecule has 0 fully saturated rings. The number of hydrogen-bond donors (Lipinski definition) is 1. The molecule has 5 heteroatoms. The molecule has 0 aliphatic rings. The van der Waals surface area contributed by atoms with Crippen LogP contribution in [-0.4, -0.2) is 16.7 Å². The van der Waals surface area contributed by atoms with Gasteiger partial charge in [0.05, 0.1) is 6.61 Å². The molecule has 0 aromatic carbocycles. The highest BCUT2D eigenvalue weighted by Crippen LogP contribution is 1.87. The van der Waals surface area contributed by atoms with Gasteiger partial charge < -0.3 is 9.36 Å². The zero-order valence-corrected chi connectivity index (χ0v) is 5.70. The van der Waals surface area contributed by atoms with Crippen molar-refractivity contribution in [2.24, 2.45) is 0 Å². The van der Waals surface area contributed by atoms with Crippen molar-refractivity contribution in [1.29, 1.82) is 0 Å². The van der Waals surface area contributed by atoms with Crippen LogP contribution in [0.15, 0.2) is 10.9 Å². The monoisotopic (exact) mass is 143 g/mol. The lowest BCUT2D eigenvalue weighted by atomic mass is 10.7. The van der Waals surface area contributed by atoms with Crippen LogP contribution in [0, 0.1) is 0 Å². The highest BCUT2D eigenvalue weighted by molar-refractivity contribution is 4.69. The van der Waals surface area contributed by atoms with E-state index in [9.17, 15) is 0 Å². The van der Waals surface area contributed by atoms with Gasteiger partial charge in [0, 0.05) is 0 Å². The molecule has 0 aliphatic carbocycles. The molecule has 1 N–H and O–H groups in total. The highest BCUT2D eigenvalue weighted by Gasteiger charge is 1.95. The van der Waals surface area contributed by atoms with E-state index in [-0.39, 0.29) is 0 Å². The number of hydrogen-bond acceptors (Lipinski definition) is 5. The Balaban J connectivity index is 2.15. The lowest BCUT2D eigenvalue weighted by Gasteiger charge is -1.96. The largest absolute Gasteiger partial charge is 0.338 e. The van der Waals surface area contributed by atoms with Crippen LogP contribution in [-0.2, 0) is 11.4 Å². The fourth-order valence-electron chi connectivity index (χ4n) is 0.489. The van der Waals surface area contributed by atoms with Crippen molar-refractivity contribution in [3.05, 3.63) is 12.2 Å². The normalized spacial score (nSPS) is 10.1. The predicted molar refractivity (Wildman–Crippen MR) is 32.8 cm³/mol. The quantitative estimate of drug-likeness (QED) is 0.479. The van der Waals surface area contributed by atoms with Gasteiger partial charge >= 0.3 is 0 Å². The minimum absolute atomic E-state index is 0.452. The van der Waals surface area contributed by atoms with Crippen molar-refractivity contribution in [2.45, 2.75) is 13.5 Å². The van der Waals surface area contributed by atoms with Gasteiger partial charge in [-0.25, -0.2) is 0 Å². The number of nitrogens with zero attached hydrogens (tertiary/aromatic N) is 2. The highest BCUT2D eigenvalue weighted by atomic mass is 16.6. The fourth-order valence-corrected chi connectivity index (χ4v) is 0.489. The molecule has 0 saturated carbocycles. The van der Waals surface area contributed by atoms with E-state index in [1.54, 1.807) is 0 Å². The summed E-state index contributed by atoms with van der Waals surface area (Å²) in [6.07, 6.45) is 1.35. The Morgan fingerprint density at radius 3 is 3.30 bits per heavy atom. The van der Waals surface area contributed by atoms with Crippen LogP contribution in [0.4, 0.5) is 0 Å². The van der Waals surface area contributed by atoms with E-state index in [2.05, 4.69) is 20.1 Å². The first kappa shape index (κ1) is 7.17. The summed E-state index contributed by atoms with van der Waals surface area (Å²) in [5.41, 5.74) is 2.64. The zero-order valence-electron chi connectivity index (χ0n) is 5.70. The van der Waals surface area contributed by atoms with Crippen LogP contribution in [0.2, 0.25) is 0 Å². The molecule has 10 heavy (non-hydrogen) atoms. The smallest absolute Gasteiger partial charge is 0.242 e. The molecule has 5 nitrogen and oxygen atoms in total. The number of aromatic nitrogens is 2. The lowest BCUT2D eigenvalue weighted by molar-refractivity contribution is 0.0404. The second-order valence-electron chi connectivity index (χ2n) is 1.59. The van der Waals surface area contributed by atoms with Gasteiger partial charge in [0.25, 0.3) is 0 Å². The fraction of sp³-hybridized carbons (Fsp3) is 0.600. The number of hydroxylamine groups is 1. The van der Waals surface area contributed by atoms with E-state index in [1.165, 1.54) is 6.33 Å². The maximum atomic E-state index is 4.83. The van der Waals surface area contributed by atoms with Crippen LogP contribution < -0.4 is 5.48 Å². The molecule has 0 bridgehead atoms. The number of nitrogens with one attached hydrogen (secondary N) is 1. The predicted octanol–water partition coefficient (Wildman–Crippen LogP) is 0.111. The van der Waals surface area contributed by atoms with E-state index < -0.39 is 0 Å². The van der Waals surface area contributed by atoms with Crippen molar-refractivity contribution in [3.63, 3.8) is 0 Å². The van der Waals surface area contributed by atoms with Crippen molar-refractivity contribution < 1.29 is 9.36 Å². The third kappa shape index (κ3) is 2.12. The molecule has 1 aromatic rings. The topological polar surface area (TPSA) is 60.2 Å². The summed E-state index contributed by atoms with van der Waals surface area (Å²) in [4.78, 5) is 8.60. The lowest BCUT2D eigenvalue weighted by Crippen LogP contribution is -2.13. The molecule has 0 spiro atoms. The average molecular weight is 143 g/mol. The Hall–Kier alpha value is -0.940. The molecule has 0 radical (unpaired) electrons. The summed E-state index contributed by atoms with van der Waals surface area (Å²) < 4.78 is 4.68. The van der Waals surface area contributed by atoms with E-state index in [0.29, 0.717) is 19.0 Å². The van der Waals surface area contributed by atoms with Gasteiger partial charge in [-0.15, -0.1) is 0 Å². The Labute approximate surface area is 58.3 Å². The van der Waals surface area contributed by atoms with Crippen molar-refractivity contribution in [2.75, 3.05) is 6.61 Å². The maximum absolute atomic E-state index is 4.83. The van der Waals surface area contributed by atoms with Gasteiger partial charge in [0.1, 0.15) is 6.54 Å². The Kier molecular flexibility index (Phi) is 2.85. The third-order valence-electron chi connectivity index (χ3n) is 0.877. The summed E-state index contributed by atoms with van der Waals surface area (Å²) >= 11 is 0. The SMILES string of the molecule is CCONCc1ncno1. The van der Waals surface area contributed by atoms with E-state index in [0.717, 1.165) is 0 Å². The standard InChI is InChI=1S/C5H9N3O2/c1-2-9-7-3-5-6-4-8-10-5/h4,7H,2-3H2,1H3. The number of rotatable bonds is 4. The molecule has 1 rings (SSSR count). The zero-order chi connectivity index (χ0) is 7.23. The molecule has 0 aliphatic heterocycles. The van der Waals surface area contributed by atoms with Crippen LogP contribution in [0.1, 0.15) is 12.8 Å². The molecule has 56 valence electrons. The van der Waals surface area contributed by atoms with Crippen LogP contribution >= 0.6 is 0 Å². The second-order valence-corrected chi connectivity index (χ2v) is 1.59. The van der Waals surface area contributed by atoms with Crippen LogP contribution in [0.25, 0.3) is 0 Å². The molecule has 1 heterocycles. The Morgan fingerprint density at radius 2 is 2.70 bits per heavy atom. The Bertz CT molecular complexity index is 163. The van der Waals surface area contributed by atoms with Gasteiger partial charge in [-0.2, -0.15) is 10.5 Å². The molecule has 0 saturated heterocycles. The van der Waals surface area contributed by atoms with E-state index >= 15 is 0 Å². The third-order valence-corrected chi connectivity index (χ3v) is 0.877. The van der Waals surface area contributed by atoms with E-state index in [4.69, 9.17) is 4.84 Å². The summed E-state index contributed by atoms with van der Waals surface area (Å²) in [6, 6.07) is 0. The first-order valence-electron chi connectivity index (χ1n) is 3.03. The van der Waals surface area contributed by atoms with Crippen molar-refractivity contribution in [1.82, 2.24) is 15.6 Å². The molecule has 0 atom stereocenters. The molecular formula is C5H9N3O2. The minimum atomic E-state index is 0.452. The van der Waals surface area contributed by atoms with Gasteiger partial charge in [-0.05, 0) is 6.92 Å². The summed E-state index contributed by atoms with van der Waals surface area (Å²) in [7, 11) is 0. The van der Waals surface area contributed by atoms with Crippen LogP contribution in [0.5, 0.6) is 0 Å². The van der Waals surface area contributed by atoms with Crippen molar-refractivity contribution in [3.8, 4) is 0 Å². The second kappa shape index (κ2) is 3.97. The van der Waals surface area contributed by atoms with Gasteiger partial charge in [0.2, 0.25) is 5.89 Å². The molecule has 1 aromatic heterocycles. The summed E-state index contributed by atoms with van der Waals surface area (Å²) in [5.74, 6) is 0.522. The molecular weight excluding hydrogens is 134 g/mol. The van der Waals surface area contributed by atoms with Gasteiger partial charge in [-0.1, -0.05) is 5.16 Å². The molecule has 0 unspecified atom stereocenters. The molecule has 0 amide bonds. The average Bonchev–Trinajstić information content (AvgIpc) is 2.41. The maximum Gasteiger partial charge on any atom is 0.242 e. The Morgan fingerprint density at radius 1 is 1.80 bits per heavy atom. The van der Waals surface area contributed by atoms with Gasteiger partial charge in [0.15, 0.2) is 6.33 Å². The van der Waals surface area contributed by atoms with E-state index in [1.807, 2.05) is 6.92 Å². The summed E-state index contributed by atoms with van der Waals surface area (Å²) in [6.45, 7) is 2.96. The van der Waals surface area contributed by atoms with Gasteiger partial charge in [-0.3, -0.25) is 0 Å². The first-order chi connectivity index (χ1) is 4.93. The van der Waals surface area contributed by atoms with Crippen LogP contribution in [0.3, 0.4) is 0 Å². The summed E-state index contributed by atoms with van der Waals surface area (Å²) in [5, 5.41) is 3.42. The minimum Gasteiger partial charge on any atom is -0.338 e. The van der Waals surface area contributed by atoms with Crippen molar-refractivity contribution >= 4 is 0 Å². The first-order valence-corrected chi connectivity index (χ1v) is 3.03.